The molecule has 2 nitrogen and oxygen atoms in total. The van der Waals surface area contributed by atoms with Crippen LogP contribution < -0.4 is 4.90 Å². The van der Waals surface area contributed by atoms with Crippen molar-refractivity contribution >= 4 is 92.1 Å². The van der Waals surface area contributed by atoms with Crippen LogP contribution in [-0.2, 0) is 0 Å². The Morgan fingerprint density at radius 3 is 2.02 bits per heavy atom. The summed E-state index contributed by atoms with van der Waals surface area (Å²) in [6.45, 7) is 0. The van der Waals surface area contributed by atoms with Crippen molar-refractivity contribution in [3.8, 4) is 11.1 Å². The van der Waals surface area contributed by atoms with Gasteiger partial charge in [0.1, 0.15) is 11.2 Å². The lowest BCUT2D eigenvalue weighted by Crippen LogP contribution is -2.10. The fourth-order valence-electron chi connectivity index (χ4n) is 7.29. The molecule has 10 rings (SSSR count). The minimum Gasteiger partial charge on any atom is -0.456 e. The van der Waals surface area contributed by atoms with Gasteiger partial charge < -0.3 is 9.32 Å². The van der Waals surface area contributed by atoms with E-state index in [9.17, 15) is 0 Å². The molecule has 0 unspecified atom stereocenters. The highest BCUT2D eigenvalue weighted by Gasteiger charge is 2.20. The molecule has 220 valence electrons. The summed E-state index contributed by atoms with van der Waals surface area (Å²) in [7, 11) is 0. The van der Waals surface area contributed by atoms with Gasteiger partial charge in [-0.15, -0.1) is 11.3 Å². The van der Waals surface area contributed by atoms with Gasteiger partial charge in [0.2, 0.25) is 0 Å². The highest BCUT2D eigenvalue weighted by Crippen LogP contribution is 2.45. The van der Waals surface area contributed by atoms with E-state index in [4.69, 9.17) is 4.42 Å². The van der Waals surface area contributed by atoms with Crippen LogP contribution >= 0.6 is 11.3 Å². The number of hydrogen-bond acceptors (Lipinski definition) is 3. The number of fused-ring (bicyclic) bond motifs is 9. The van der Waals surface area contributed by atoms with Gasteiger partial charge in [-0.05, 0) is 75.8 Å². The molecule has 0 aliphatic heterocycles. The van der Waals surface area contributed by atoms with E-state index in [1.165, 1.54) is 52.8 Å². The van der Waals surface area contributed by atoms with Crippen LogP contribution in [0.5, 0.6) is 0 Å². The molecule has 2 heterocycles. The number of para-hydroxylation sites is 1. The number of rotatable bonds is 4. The third-order valence-corrected chi connectivity index (χ3v) is 10.6. The first-order valence-electron chi connectivity index (χ1n) is 15.9. The number of thiophene rings is 1. The third-order valence-electron chi connectivity index (χ3n) is 9.43. The van der Waals surface area contributed by atoms with Crippen molar-refractivity contribution in [2.24, 2.45) is 0 Å². The largest absolute Gasteiger partial charge is 0.456 e. The lowest BCUT2D eigenvalue weighted by atomic mass is 9.98. The SMILES string of the molecule is c1cc(-c2cccc3c2sc2ccccc23)cc(N(c2ccc3oc4ccccc4c3c2)c2cc3ccccc3c3ccccc23)c1. The maximum absolute atomic E-state index is 6.25. The number of furan rings is 1. The Kier molecular flexibility index (Phi) is 5.78. The maximum Gasteiger partial charge on any atom is 0.135 e. The van der Waals surface area contributed by atoms with Crippen molar-refractivity contribution in [3.63, 3.8) is 0 Å². The highest BCUT2D eigenvalue weighted by molar-refractivity contribution is 7.26. The van der Waals surface area contributed by atoms with Gasteiger partial charge in [-0.3, -0.25) is 0 Å². The Balaban J connectivity index is 1.25. The lowest BCUT2D eigenvalue weighted by molar-refractivity contribution is 0.669. The van der Waals surface area contributed by atoms with Crippen LogP contribution in [0.15, 0.2) is 168 Å². The van der Waals surface area contributed by atoms with Crippen molar-refractivity contribution in [1.82, 2.24) is 0 Å². The van der Waals surface area contributed by atoms with Crippen LogP contribution in [-0.4, -0.2) is 0 Å². The zero-order valence-corrected chi connectivity index (χ0v) is 26.2. The summed E-state index contributed by atoms with van der Waals surface area (Å²) in [6.07, 6.45) is 0. The molecule has 3 heteroatoms. The van der Waals surface area contributed by atoms with E-state index in [1.807, 2.05) is 23.5 Å². The molecule has 2 aromatic heterocycles. The second-order valence-corrected chi connectivity index (χ2v) is 13.2. The van der Waals surface area contributed by atoms with Crippen LogP contribution in [0, 0.1) is 0 Å². The van der Waals surface area contributed by atoms with Crippen molar-refractivity contribution in [2.75, 3.05) is 4.90 Å². The first kappa shape index (κ1) is 26.3. The second kappa shape index (κ2) is 10.3. The monoisotopic (exact) mass is 617 g/mol. The summed E-state index contributed by atoms with van der Waals surface area (Å²) in [4.78, 5) is 2.42. The smallest absolute Gasteiger partial charge is 0.135 e. The van der Waals surface area contributed by atoms with E-state index in [2.05, 4.69) is 157 Å². The number of benzene rings is 8. The standard InChI is InChI=1S/C44H27NOS/c1-2-14-32-29(11-1)26-40(35-16-4-3-15-34(32)35)45(31-23-24-42-39(27-31)36-17-5-7-21-41(36)46-42)30-13-9-12-28(25-30)33-19-10-20-38-37-18-6-8-22-43(37)47-44(33)38/h1-27H. The molecule has 0 N–H and O–H groups in total. The molecule has 0 bridgehead atoms. The molecule has 0 aliphatic rings. The summed E-state index contributed by atoms with van der Waals surface area (Å²) in [6, 6.07) is 59.1. The minimum atomic E-state index is 0.892. The molecule has 0 saturated carbocycles. The van der Waals surface area contributed by atoms with Gasteiger partial charge in [0, 0.05) is 47.7 Å². The summed E-state index contributed by atoms with van der Waals surface area (Å²) < 4.78 is 8.89. The Bertz CT molecular complexity index is 2820. The van der Waals surface area contributed by atoms with Crippen LogP contribution in [0.4, 0.5) is 17.1 Å². The summed E-state index contributed by atoms with van der Waals surface area (Å²) >= 11 is 1.87. The van der Waals surface area contributed by atoms with Gasteiger partial charge in [-0.25, -0.2) is 0 Å². The summed E-state index contributed by atoms with van der Waals surface area (Å²) in [5.74, 6) is 0. The molecule has 0 fully saturated rings. The Labute approximate surface area is 275 Å². The van der Waals surface area contributed by atoms with Crippen LogP contribution in [0.2, 0.25) is 0 Å². The highest BCUT2D eigenvalue weighted by atomic mass is 32.1. The van der Waals surface area contributed by atoms with Crippen LogP contribution in [0.3, 0.4) is 0 Å². The normalized spacial score (nSPS) is 11.8. The van der Waals surface area contributed by atoms with E-state index in [0.717, 1.165) is 39.0 Å². The molecule has 0 saturated heterocycles. The Morgan fingerprint density at radius 2 is 1.11 bits per heavy atom. The quantitative estimate of drug-likeness (QED) is 0.183. The van der Waals surface area contributed by atoms with Crippen LogP contribution in [0.1, 0.15) is 0 Å². The van der Waals surface area contributed by atoms with Crippen molar-refractivity contribution < 1.29 is 4.42 Å². The zero-order valence-electron chi connectivity index (χ0n) is 25.4. The molecule has 0 aliphatic carbocycles. The first-order valence-corrected chi connectivity index (χ1v) is 16.7. The lowest BCUT2D eigenvalue weighted by Gasteiger charge is -2.28. The van der Waals surface area contributed by atoms with Crippen molar-refractivity contribution in [3.05, 3.63) is 164 Å². The number of nitrogens with zero attached hydrogens (tertiary/aromatic N) is 1. The van der Waals surface area contributed by atoms with E-state index in [-0.39, 0.29) is 0 Å². The predicted molar refractivity (Wildman–Crippen MR) is 202 cm³/mol. The molecule has 0 amide bonds. The van der Waals surface area contributed by atoms with Crippen LogP contribution in [0.25, 0.3) is 74.8 Å². The molecule has 47 heavy (non-hydrogen) atoms. The minimum absolute atomic E-state index is 0.892. The van der Waals surface area contributed by atoms with E-state index in [0.29, 0.717) is 0 Å². The predicted octanol–water partition coefficient (Wildman–Crippen LogP) is 13.4. The Hall–Kier alpha value is -5.90. The van der Waals surface area contributed by atoms with Crippen molar-refractivity contribution in [1.29, 1.82) is 0 Å². The molecule has 0 atom stereocenters. The third kappa shape index (κ3) is 4.10. The fourth-order valence-corrected chi connectivity index (χ4v) is 8.53. The number of hydrogen-bond donors (Lipinski definition) is 0. The average molecular weight is 618 g/mol. The summed E-state index contributed by atoms with van der Waals surface area (Å²) in [5, 5.41) is 9.78. The van der Waals surface area contributed by atoms with E-state index >= 15 is 0 Å². The zero-order chi connectivity index (χ0) is 30.9. The summed E-state index contributed by atoms with van der Waals surface area (Å²) in [5.41, 5.74) is 7.58. The molecular weight excluding hydrogens is 591 g/mol. The maximum atomic E-state index is 6.25. The molecule has 0 spiro atoms. The van der Waals surface area contributed by atoms with Gasteiger partial charge in [0.15, 0.2) is 0 Å². The van der Waals surface area contributed by atoms with Gasteiger partial charge in [0.25, 0.3) is 0 Å². The van der Waals surface area contributed by atoms with E-state index < -0.39 is 0 Å². The average Bonchev–Trinajstić information content (AvgIpc) is 3.70. The second-order valence-electron chi connectivity index (χ2n) is 12.1. The fraction of sp³-hybridized carbons (Fsp3) is 0. The van der Waals surface area contributed by atoms with Crippen molar-refractivity contribution in [2.45, 2.75) is 0 Å². The molecule has 0 radical (unpaired) electrons. The number of anilines is 3. The molecule has 8 aromatic carbocycles. The Morgan fingerprint density at radius 1 is 0.426 bits per heavy atom. The van der Waals surface area contributed by atoms with Gasteiger partial charge in [0.05, 0.1) is 5.69 Å². The van der Waals surface area contributed by atoms with E-state index in [1.54, 1.807) is 0 Å². The van der Waals surface area contributed by atoms with Gasteiger partial charge in [-0.1, -0.05) is 115 Å². The topological polar surface area (TPSA) is 16.4 Å². The molecular formula is C44H27NOS. The first-order chi connectivity index (χ1) is 23.3. The van der Waals surface area contributed by atoms with Gasteiger partial charge in [-0.2, -0.15) is 0 Å². The van der Waals surface area contributed by atoms with Gasteiger partial charge >= 0.3 is 0 Å². The molecule has 10 aromatic rings.